The normalized spacial score (nSPS) is 15.2. The van der Waals surface area contributed by atoms with Gasteiger partial charge < -0.3 is 9.64 Å². The largest absolute Gasteiger partial charge is 0.373 e. The molecule has 0 atom stereocenters. The summed E-state index contributed by atoms with van der Waals surface area (Å²) >= 11 is 0. The fourth-order valence-corrected chi connectivity index (χ4v) is 3.32. The van der Waals surface area contributed by atoms with Gasteiger partial charge in [-0.25, -0.2) is 9.37 Å². The van der Waals surface area contributed by atoms with Crippen LogP contribution in [0.4, 0.5) is 4.39 Å². The second-order valence-corrected chi connectivity index (χ2v) is 6.67. The van der Waals surface area contributed by atoms with Crippen LogP contribution in [0.2, 0.25) is 0 Å². The van der Waals surface area contributed by atoms with Crippen molar-refractivity contribution >= 4 is 16.8 Å². The zero-order valence-electron chi connectivity index (χ0n) is 14.8. The fraction of sp³-hybridized carbons (Fsp3) is 0.286. The van der Waals surface area contributed by atoms with Gasteiger partial charge in [0.05, 0.1) is 12.7 Å². The minimum atomic E-state index is -0.412. The number of aromatic nitrogens is 2. The van der Waals surface area contributed by atoms with Crippen LogP contribution in [-0.2, 0) is 11.3 Å². The number of ether oxygens (including phenoxy) is 1. The van der Waals surface area contributed by atoms with E-state index in [0.717, 1.165) is 18.4 Å². The molecule has 27 heavy (non-hydrogen) atoms. The number of hydrogen-bond acceptors (Lipinski definition) is 4. The highest BCUT2D eigenvalue weighted by Gasteiger charge is 2.25. The van der Waals surface area contributed by atoms with Crippen molar-refractivity contribution < 1.29 is 13.9 Å². The molecule has 0 aliphatic carbocycles. The predicted molar refractivity (Wildman–Crippen MR) is 99.7 cm³/mol. The van der Waals surface area contributed by atoms with E-state index in [0.29, 0.717) is 25.1 Å². The molecular formula is C21H20FN3O2. The minimum absolute atomic E-state index is 0.122. The van der Waals surface area contributed by atoms with E-state index in [9.17, 15) is 9.18 Å². The van der Waals surface area contributed by atoms with Crippen molar-refractivity contribution in [2.45, 2.75) is 25.6 Å². The number of nitrogens with zero attached hydrogens (tertiary/aromatic N) is 3. The summed E-state index contributed by atoms with van der Waals surface area (Å²) in [6.45, 7) is 1.74. The van der Waals surface area contributed by atoms with Gasteiger partial charge in [-0.15, -0.1) is 0 Å². The van der Waals surface area contributed by atoms with Gasteiger partial charge in [0.15, 0.2) is 0 Å². The van der Waals surface area contributed by atoms with Crippen LogP contribution in [0.1, 0.15) is 28.9 Å². The summed E-state index contributed by atoms with van der Waals surface area (Å²) in [5.74, 6) is -0.574. The summed E-state index contributed by atoms with van der Waals surface area (Å²) in [5, 5.41) is 0.689. The van der Waals surface area contributed by atoms with E-state index in [2.05, 4.69) is 9.97 Å². The molecule has 1 fully saturated rings. The zero-order valence-corrected chi connectivity index (χ0v) is 14.8. The third kappa shape index (κ3) is 3.95. The van der Waals surface area contributed by atoms with Gasteiger partial charge in [0.1, 0.15) is 17.0 Å². The van der Waals surface area contributed by atoms with Crippen molar-refractivity contribution in [1.29, 1.82) is 0 Å². The maximum atomic E-state index is 13.9. The van der Waals surface area contributed by atoms with Crippen LogP contribution in [0.15, 0.2) is 54.9 Å². The van der Waals surface area contributed by atoms with E-state index in [4.69, 9.17) is 4.74 Å². The molecule has 1 saturated heterocycles. The van der Waals surface area contributed by atoms with Crippen LogP contribution in [0.5, 0.6) is 0 Å². The summed E-state index contributed by atoms with van der Waals surface area (Å²) < 4.78 is 19.9. The molecule has 5 nitrogen and oxygen atoms in total. The molecule has 6 heteroatoms. The molecule has 0 bridgehead atoms. The Hall–Kier alpha value is -2.86. The second-order valence-electron chi connectivity index (χ2n) is 6.67. The summed E-state index contributed by atoms with van der Waals surface area (Å²) in [4.78, 5) is 22.8. The number of pyridine rings is 2. The van der Waals surface area contributed by atoms with E-state index < -0.39 is 5.82 Å². The Morgan fingerprint density at radius 1 is 1.15 bits per heavy atom. The highest BCUT2D eigenvalue weighted by molar-refractivity contribution is 5.95. The summed E-state index contributed by atoms with van der Waals surface area (Å²) in [6.07, 6.45) is 5.20. The molecule has 138 valence electrons. The lowest BCUT2D eigenvalue weighted by Gasteiger charge is -2.31. The third-order valence-electron chi connectivity index (χ3n) is 4.83. The molecule has 0 spiro atoms. The zero-order chi connectivity index (χ0) is 18.6. The highest BCUT2D eigenvalue weighted by atomic mass is 19.1. The highest BCUT2D eigenvalue weighted by Crippen LogP contribution is 2.20. The minimum Gasteiger partial charge on any atom is -0.373 e. The Morgan fingerprint density at radius 3 is 2.78 bits per heavy atom. The van der Waals surface area contributed by atoms with E-state index in [1.165, 1.54) is 6.07 Å². The van der Waals surface area contributed by atoms with Gasteiger partial charge in [0.2, 0.25) is 0 Å². The number of carbonyl (C=O) groups excluding carboxylic acids is 1. The van der Waals surface area contributed by atoms with Crippen LogP contribution in [0, 0.1) is 5.82 Å². The molecule has 1 aliphatic rings. The molecule has 4 rings (SSSR count). The third-order valence-corrected chi connectivity index (χ3v) is 4.83. The molecule has 3 heterocycles. The van der Waals surface area contributed by atoms with E-state index in [1.807, 2.05) is 12.1 Å². The van der Waals surface area contributed by atoms with Crippen molar-refractivity contribution in [2.24, 2.45) is 0 Å². The monoisotopic (exact) mass is 365 g/mol. The molecule has 0 unspecified atom stereocenters. The van der Waals surface area contributed by atoms with Crippen LogP contribution in [-0.4, -0.2) is 40.0 Å². The molecule has 1 amide bonds. The van der Waals surface area contributed by atoms with Gasteiger partial charge in [0.25, 0.3) is 5.91 Å². The first kappa shape index (κ1) is 17.5. The van der Waals surface area contributed by atoms with Crippen molar-refractivity contribution in [2.75, 3.05) is 13.1 Å². The lowest BCUT2D eigenvalue weighted by molar-refractivity contribution is -0.000588. The van der Waals surface area contributed by atoms with Crippen molar-refractivity contribution in [3.8, 4) is 0 Å². The SMILES string of the molecule is O=C(c1ccc2cccc(F)c2n1)N1CCC(OCc2cccnc2)CC1. The maximum absolute atomic E-state index is 13.9. The number of para-hydroxylation sites is 1. The van der Waals surface area contributed by atoms with Gasteiger partial charge in [-0.05, 0) is 36.6 Å². The second kappa shape index (κ2) is 7.80. The number of likely N-dealkylation sites (tertiary alicyclic amines) is 1. The number of amides is 1. The number of halogens is 1. The van der Waals surface area contributed by atoms with E-state index in [1.54, 1.807) is 41.6 Å². The summed E-state index contributed by atoms with van der Waals surface area (Å²) in [6, 6.07) is 12.0. The first-order chi connectivity index (χ1) is 13.2. The molecule has 0 saturated carbocycles. The van der Waals surface area contributed by atoms with Gasteiger partial charge >= 0.3 is 0 Å². The lowest BCUT2D eigenvalue weighted by atomic mass is 10.1. The lowest BCUT2D eigenvalue weighted by Crippen LogP contribution is -2.41. The number of piperidine rings is 1. The number of hydrogen-bond donors (Lipinski definition) is 0. The molecule has 0 N–H and O–H groups in total. The molecule has 1 aromatic carbocycles. The maximum Gasteiger partial charge on any atom is 0.272 e. The van der Waals surface area contributed by atoms with Gasteiger partial charge in [-0.1, -0.05) is 24.3 Å². The molecule has 3 aromatic rings. The Kier molecular flexibility index (Phi) is 5.07. The van der Waals surface area contributed by atoms with Gasteiger partial charge in [-0.2, -0.15) is 0 Å². The van der Waals surface area contributed by atoms with Crippen molar-refractivity contribution in [3.05, 3.63) is 71.9 Å². The fourth-order valence-electron chi connectivity index (χ4n) is 3.32. The topological polar surface area (TPSA) is 55.3 Å². The van der Waals surface area contributed by atoms with Crippen molar-refractivity contribution in [1.82, 2.24) is 14.9 Å². The molecule has 1 aliphatic heterocycles. The van der Waals surface area contributed by atoms with E-state index in [-0.39, 0.29) is 23.2 Å². The van der Waals surface area contributed by atoms with Gasteiger partial charge in [0, 0.05) is 30.9 Å². The average Bonchev–Trinajstić information content (AvgIpc) is 2.73. The Balaban J connectivity index is 1.36. The summed E-state index contributed by atoms with van der Waals surface area (Å²) in [5.41, 5.74) is 1.55. The Labute approximate surface area is 156 Å². The first-order valence-corrected chi connectivity index (χ1v) is 9.06. The molecular weight excluding hydrogens is 345 g/mol. The van der Waals surface area contributed by atoms with Crippen LogP contribution >= 0.6 is 0 Å². The van der Waals surface area contributed by atoms with Gasteiger partial charge in [-0.3, -0.25) is 9.78 Å². The number of benzene rings is 1. The molecule has 0 radical (unpaired) electrons. The Bertz CT molecular complexity index is 941. The van der Waals surface area contributed by atoms with Crippen LogP contribution in [0.25, 0.3) is 10.9 Å². The quantitative estimate of drug-likeness (QED) is 0.709. The molecule has 2 aromatic heterocycles. The standard InChI is InChI=1S/C21H20FN3O2/c22-18-5-1-4-16-6-7-19(24-20(16)18)21(26)25-11-8-17(9-12-25)27-14-15-3-2-10-23-13-15/h1-7,10,13,17H,8-9,11-12,14H2. The number of fused-ring (bicyclic) bond motifs is 1. The first-order valence-electron chi connectivity index (χ1n) is 9.06. The van der Waals surface area contributed by atoms with Crippen molar-refractivity contribution in [3.63, 3.8) is 0 Å². The average molecular weight is 365 g/mol. The number of carbonyl (C=O) groups is 1. The smallest absolute Gasteiger partial charge is 0.272 e. The predicted octanol–water partition coefficient (Wildman–Crippen LogP) is 3.59. The summed E-state index contributed by atoms with van der Waals surface area (Å²) in [7, 11) is 0. The van der Waals surface area contributed by atoms with Crippen LogP contribution in [0.3, 0.4) is 0 Å². The Morgan fingerprint density at radius 2 is 2.00 bits per heavy atom. The van der Waals surface area contributed by atoms with E-state index >= 15 is 0 Å². The van der Waals surface area contributed by atoms with Crippen LogP contribution < -0.4 is 0 Å². The number of rotatable bonds is 4.